The van der Waals surface area contributed by atoms with Gasteiger partial charge in [0.05, 0.1) is 23.4 Å². The summed E-state index contributed by atoms with van der Waals surface area (Å²) in [6, 6.07) is 21.5. The fraction of sp³-hybridized carbons (Fsp3) is 0.222. The van der Waals surface area contributed by atoms with Gasteiger partial charge in [0.25, 0.3) is 0 Å². The summed E-state index contributed by atoms with van der Waals surface area (Å²) < 4.78 is 44.8. The van der Waals surface area contributed by atoms with Crippen molar-refractivity contribution in [2.24, 2.45) is 5.92 Å². The molecule has 0 fully saturated rings. The maximum absolute atomic E-state index is 13.0. The molecule has 3 aromatic carbocycles. The number of alkyl halides is 3. The lowest BCUT2D eigenvalue weighted by Gasteiger charge is -2.11. The van der Waals surface area contributed by atoms with Gasteiger partial charge in [0.1, 0.15) is 5.75 Å². The van der Waals surface area contributed by atoms with Crippen molar-refractivity contribution in [1.82, 2.24) is 4.98 Å². The molecule has 32 heavy (non-hydrogen) atoms. The standard InChI is InChI=1S/C27H24F3NO/c1-17(2)16-32-23-11-8-20(9-12-23)19-4-6-21(7-5-19)26-14-18(3)24-15-22(27(28,29)30)10-13-25(24)31-26/h4-15,17H,16H2,1-3H3. The van der Waals surface area contributed by atoms with E-state index in [1.54, 1.807) is 0 Å². The number of ether oxygens (including phenoxy) is 1. The Morgan fingerprint density at radius 3 is 2.00 bits per heavy atom. The number of nitrogens with zero attached hydrogens (tertiary/aromatic N) is 1. The molecule has 1 aromatic heterocycles. The Kier molecular flexibility index (Phi) is 5.92. The summed E-state index contributed by atoms with van der Waals surface area (Å²) in [6.07, 6.45) is -4.37. The van der Waals surface area contributed by atoms with Gasteiger partial charge in [-0.05, 0) is 65.9 Å². The molecule has 0 unspecified atom stereocenters. The van der Waals surface area contributed by atoms with Crippen LogP contribution in [0.3, 0.4) is 0 Å². The Morgan fingerprint density at radius 2 is 1.41 bits per heavy atom. The van der Waals surface area contributed by atoms with E-state index >= 15 is 0 Å². The molecule has 164 valence electrons. The maximum Gasteiger partial charge on any atom is 0.416 e. The van der Waals surface area contributed by atoms with Crippen LogP contribution in [0.1, 0.15) is 25.0 Å². The maximum atomic E-state index is 13.0. The molecule has 0 amide bonds. The molecule has 2 nitrogen and oxygen atoms in total. The highest BCUT2D eigenvalue weighted by atomic mass is 19.4. The van der Waals surface area contributed by atoms with Crippen LogP contribution >= 0.6 is 0 Å². The lowest BCUT2D eigenvalue weighted by Crippen LogP contribution is -2.04. The van der Waals surface area contributed by atoms with Crippen LogP contribution in [-0.2, 0) is 6.18 Å². The Bertz CT molecular complexity index is 1230. The second kappa shape index (κ2) is 8.65. The van der Waals surface area contributed by atoms with Gasteiger partial charge < -0.3 is 4.74 Å². The summed E-state index contributed by atoms with van der Waals surface area (Å²) in [4.78, 5) is 4.59. The third-order valence-electron chi connectivity index (χ3n) is 5.29. The van der Waals surface area contributed by atoms with Crippen LogP contribution in [0.25, 0.3) is 33.3 Å². The first-order valence-electron chi connectivity index (χ1n) is 10.5. The molecular formula is C27H24F3NO. The van der Waals surface area contributed by atoms with Gasteiger partial charge in [0, 0.05) is 10.9 Å². The minimum absolute atomic E-state index is 0.473. The highest BCUT2D eigenvalue weighted by Gasteiger charge is 2.30. The molecule has 0 aliphatic carbocycles. The van der Waals surface area contributed by atoms with Gasteiger partial charge in [-0.2, -0.15) is 13.2 Å². The SMILES string of the molecule is Cc1cc(-c2ccc(-c3ccc(OCC(C)C)cc3)cc2)nc2ccc(C(F)(F)F)cc12. The molecule has 4 rings (SSSR count). The largest absolute Gasteiger partial charge is 0.493 e. The van der Waals surface area contributed by atoms with Crippen LogP contribution in [0.2, 0.25) is 0 Å². The average molecular weight is 435 g/mol. The van der Waals surface area contributed by atoms with Gasteiger partial charge >= 0.3 is 6.18 Å². The van der Waals surface area contributed by atoms with Crippen LogP contribution in [0, 0.1) is 12.8 Å². The van der Waals surface area contributed by atoms with Crippen molar-refractivity contribution in [3.63, 3.8) is 0 Å². The van der Waals surface area contributed by atoms with Crippen LogP contribution in [0.15, 0.2) is 72.8 Å². The molecule has 5 heteroatoms. The molecule has 0 bridgehead atoms. The number of halogens is 3. The van der Waals surface area contributed by atoms with E-state index in [0.717, 1.165) is 39.8 Å². The Labute approximate surface area is 185 Å². The van der Waals surface area contributed by atoms with Crippen LogP contribution in [0.4, 0.5) is 13.2 Å². The molecule has 0 saturated heterocycles. The number of rotatable bonds is 5. The van der Waals surface area contributed by atoms with Crippen LogP contribution in [0.5, 0.6) is 5.75 Å². The summed E-state index contributed by atoms with van der Waals surface area (Å²) in [5.74, 6) is 1.32. The van der Waals surface area contributed by atoms with E-state index < -0.39 is 11.7 Å². The number of hydrogen-bond acceptors (Lipinski definition) is 2. The molecule has 0 saturated carbocycles. The summed E-state index contributed by atoms with van der Waals surface area (Å²) >= 11 is 0. The molecule has 1 heterocycles. The van der Waals surface area contributed by atoms with E-state index in [2.05, 4.69) is 18.8 Å². The van der Waals surface area contributed by atoms with E-state index in [-0.39, 0.29) is 0 Å². The van der Waals surface area contributed by atoms with E-state index in [0.29, 0.717) is 23.4 Å². The van der Waals surface area contributed by atoms with E-state index in [1.165, 1.54) is 12.1 Å². The van der Waals surface area contributed by atoms with Crippen molar-refractivity contribution in [3.8, 4) is 28.1 Å². The third-order valence-corrected chi connectivity index (χ3v) is 5.29. The van der Waals surface area contributed by atoms with Crippen molar-refractivity contribution in [2.75, 3.05) is 6.61 Å². The second-order valence-corrected chi connectivity index (χ2v) is 8.36. The molecule has 0 aliphatic rings. The smallest absolute Gasteiger partial charge is 0.416 e. The molecule has 0 spiro atoms. The monoisotopic (exact) mass is 435 g/mol. The summed E-state index contributed by atoms with van der Waals surface area (Å²) in [7, 11) is 0. The quantitative estimate of drug-likeness (QED) is 0.317. The van der Waals surface area contributed by atoms with Crippen LogP contribution in [-0.4, -0.2) is 11.6 Å². The lowest BCUT2D eigenvalue weighted by molar-refractivity contribution is -0.137. The van der Waals surface area contributed by atoms with Crippen molar-refractivity contribution in [1.29, 1.82) is 0 Å². The molecule has 0 aliphatic heterocycles. The van der Waals surface area contributed by atoms with Gasteiger partial charge in [0.15, 0.2) is 0 Å². The zero-order valence-corrected chi connectivity index (χ0v) is 18.2. The van der Waals surface area contributed by atoms with Crippen molar-refractivity contribution in [2.45, 2.75) is 26.9 Å². The second-order valence-electron chi connectivity index (χ2n) is 8.36. The van der Waals surface area contributed by atoms with Gasteiger partial charge in [-0.1, -0.05) is 50.2 Å². The minimum atomic E-state index is -4.37. The zero-order chi connectivity index (χ0) is 22.9. The first-order valence-corrected chi connectivity index (χ1v) is 10.5. The number of hydrogen-bond donors (Lipinski definition) is 0. The first kappa shape index (κ1) is 21.9. The molecule has 0 N–H and O–H groups in total. The van der Waals surface area contributed by atoms with Gasteiger partial charge in [0.2, 0.25) is 0 Å². The number of aromatic nitrogens is 1. The highest BCUT2D eigenvalue weighted by Crippen LogP contribution is 2.33. The van der Waals surface area contributed by atoms with Gasteiger partial charge in [-0.3, -0.25) is 0 Å². The normalized spacial score (nSPS) is 11.8. The lowest BCUT2D eigenvalue weighted by atomic mass is 10.0. The van der Waals surface area contributed by atoms with Crippen LogP contribution < -0.4 is 4.74 Å². The minimum Gasteiger partial charge on any atom is -0.493 e. The Balaban J connectivity index is 1.58. The highest BCUT2D eigenvalue weighted by molar-refractivity contribution is 5.86. The topological polar surface area (TPSA) is 22.1 Å². The predicted molar refractivity (Wildman–Crippen MR) is 123 cm³/mol. The number of pyridine rings is 1. The molecular weight excluding hydrogens is 411 g/mol. The molecule has 0 radical (unpaired) electrons. The van der Waals surface area contributed by atoms with Gasteiger partial charge in [-0.25, -0.2) is 4.98 Å². The van der Waals surface area contributed by atoms with Gasteiger partial charge in [-0.15, -0.1) is 0 Å². The van der Waals surface area contributed by atoms with E-state index in [4.69, 9.17) is 4.74 Å². The summed E-state index contributed by atoms with van der Waals surface area (Å²) in [5.41, 5.74) is 4.44. The molecule has 4 aromatic rings. The Morgan fingerprint density at radius 1 is 0.812 bits per heavy atom. The Hall–Kier alpha value is -3.34. The van der Waals surface area contributed by atoms with E-state index in [9.17, 15) is 13.2 Å². The van der Waals surface area contributed by atoms with Crippen molar-refractivity contribution < 1.29 is 17.9 Å². The predicted octanol–water partition coefficient (Wildman–Crippen LogP) is 7.93. The van der Waals surface area contributed by atoms with Crippen molar-refractivity contribution in [3.05, 3.63) is 83.9 Å². The fourth-order valence-corrected chi connectivity index (χ4v) is 3.56. The zero-order valence-electron chi connectivity index (χ0n) is 18.2. The number of fused-ring (bicyclic) bond motifs is 1. The van der Waals surface area contributed by atoms with Crippen molar-refractivity contribution >= 4 is 10.9 Å². The summed E-state index contributed by atoms with van der Waals surface area (Å²) in [5, 5.41) is 0.514. The third kappa shape index (κ3) is 4.77. The van der Waals surface area contributed by atoms with E-state index in [1.807, 2.05) is 61.5 Å². The number of aryl methyl sites for hydroxylation is 1. The molecule has 0 atom stereocenters. The fourth-order valence-electron chi connectivity index (χ4n) is 3.56. The first-order chi connectivity index (χ1) is 15.2. The number of benzene rings is 3. The summed E-state index contributed by atoms with van der Waals surface area (Å²) in [6.45, 7) is 6.72. The average Bonchev–Trinajstić information content (AvgIpc) is 2.77.